The first-order chi connectivity index (χ1) is 19.1. The number of hydrogen-bond acceptors (Lipinski definition) is 5. The van der Waals surface area contributed by atoms with Gasteiger partial charge in [-0.05, 0) is 70.5 Å². The minimum Gasteiger partial charge on any atom is -0.481 e. The van der Waals surface area contributed by atoms with Crippen molar-refractivity contribution in [2.45, 2.75) is 28.8 Å². The number of nitriles is 1. The van der Waals surface area contributed by atoms with Crippen molar-refractivity contribution in [2.75, 3.05) is 18.0 Å². The zero-order valence-corrected chi connectivity index (χ0v) is 24.9. The van der Waals surface area contributed by atoms with E-state index in [9.17, 15) is 24.8 Å². The maximum Gasteiger partial charge on any atom is 0.332 e. The molecule has 0 bridgehead atoms. The van der Waals surface area contributed by atoms with E-state index in [1.807, 2.05) is 52.9 Å². The van der Waals surface area contributed by atoms with Crippen LogP contribution in [0, 0.1) is 11.3 Å². The summed E-state index contributed by atoms with van der Waals surface area (Å²) in [5, 5.41) is 22.5. The van der Waals surface area contributed by atoms with Gasteiger partial charge in [-0.25, -0.2) is 9.69 Å². The third-order valence-electron chi connectivity index (χ3n) is 6.62. The summed E-state index contributed by atoms with van der Waals surface area (Å²) in [4.78, 5) is 42.0. The van der Waals surface area contributed by atoms with E-state index in [2.05, 4.69) is 11.4 Å². The standard InChI is InChI=1S/C29H25Cl2IN4O4/c30-22-13-23(31)15-24(14-22)36-27(39)29(32,35(28(36)40)12-4-7-26(37)38)25(21-10-8-19(16-33)9-11-21)18-34-17-20-5-2-1-3-6-20/h1-3,5-6,8-11,13-15,25,34H,4,7,12,17-18H2,(H,37,38)/t25-,29+/m0/s1. The normalized spacial score (nSPS) is 17.6. The Hall–Kier alpha value is -3.17. The topological polar surface area (TPSA) is 114 Å². The van der Waals surface area contributed by atoms with E-state index in [1.165, 1.54) is 23.1 Å². The molecule has 206 valence electrons. The summed E-state index contributed by atoms with van der Waals surface area (Å²) < 4.78 is -1.43. The number of hydrogen-bond donors (Lipinski definition) is 2. The van der Waals surface area contributed by atoms with E-state index in [4.69, 9.17) is 23.2 Å². The van der Waals surface area contributed by atoms with Crippen LogP contribution in [0.4, 0.5) is 10.5 Å². The molecule has 1 saturated heterocycles. The molecule has 1 aliphatic rings. The lowest BCUT2D eigenvalue weighted by atomic mass is 9.89. The minimum absolute atomic E-state index is 0.0378. The zero-order chi connectivity index (χ0) is 28.9. The second kappa shape index (κ2) is 13.0. The SMILES string of the molecule is N#Cc1ccc([C@H](CNCc2ccccc2)[C@]2(I)C(=O)N(c3cc(Cl)cc(Cl)c3)C(=O)N2CCCC(=O)O)cc1. The number of rotatable bonds is 11. The van der Waals surface area contributed by atoms with Crippen LogP contribution in [0.3, 0.4) is 0 Å². The molecule has 0 unspecified atom stereocenters. The molecular weight excluding hydrogens is 666 g/mol. The molecule has 3 amide bonds. The Labute approximate surface area is 255 Å². The highest BCUT2D eigenvalue weighted by Gasteiger charge is 2.60. The molecule has 1 fully saturated rings. The molecule has 0 aliphatic carbocycles. The number of imide groups is 1. The van der Waals surface area contributed by atoms with Crippen molar-refractivity contribution in [3.8, 4) is 6.07 Å². The van der Waals surface area contributed by atoms with E-state index in [0.717, 1.165) is 16.0 Å². The Morgan fingerprint density at radius 2 is 1.70 bits per heavy atom. The first-order valence-electron chi connectivity index (χ1n) is 12.4. The number of alkyl halides is 1. The van der Waals surface area contributed by atoms with E-state index in [-0.39, 0.29) is 35.1 Å². The second-order valence-corrected chi connectivity index (χ2v) is 11.8. The molecule has 40 heavy (non-hydrogen) atoms. The number of aliphatic carboxylic acids is 1. The van der Waals surface area contributed by atoms with Gasteiger partial charge >= 0.3 is 12.0 Å². The minimum atomic E-state index is -1.43. The zero-order valence-electron chi connectivity index (χ0n) is 21.2. The average molecular weight is 691 g/mol. The van der Waals surface area contributed by atoms with Crippen LogP contribution in [0.1, 0.15) is 35.4 Å². The van der Waals surface area contributed by atoms with Crippen LogP contribution >= 0.6 is 45.8 Å². The molecular formula is C29H25Cl2IN4O4. The van der Waals surface area contributed by atoms with Gasteiger partial charge in [-0.15, -0.1) is 0 Å². The maximum absolute atomic E-state index is 14.3. The van der Waals surface area contributed by atoms with Crippen LogP contribution < -0.4 is 10.2 Å². The average Bonchev–Trinajstić information content (AvgIpc) is 3.11. The third kappa shape index (κ3) is 6.41. The fourth-order valence-electron chi connectivity index (χ4n) is 4.72. The molecule has 3 aromatic rings. The fraction of sp³-hybridized carbons (Fsp3) is 0.241. The number of carboxylic acid groups (broad SMARTS) is 1. The molecule has 0 spiro atoms. The van der Waals surface area contributed by atoms with Crippen LogP contribution in [0.5, 0.6) is 0 Å². The molecule has 0 aromatic heterocycles. The largest absolute Gasteiger partial charge is 0.481 e. The summed E-state index contributed by atoms with van der Waals surface area (Å²) >= 11 is 14.4. The Kier molecular flexibility index (Phi) is 9.68. The van der Waals surface area contributed by atoms with Gasteiger partial charge in [0.2, 0.25) is 0 Å². The smallest absolute Gasteiger partial charge is 0.332 e. The molecule has 11 heteroatoms. The lowest BCUT2D eigenvalue weighted by Crippen LogP contribution is -2.52. The number of nitrogens with zero attached hydrogens (tertiary/aromatic N) is 3. The molecule has 3 aromatic carbocycles. The van der Waals surface area contributed by atoms with Crippen molar-refractivity contribution in [3.05, 3.63) is 99.5 Å². The number of halogens is 3. The summed E-state index contributed by atoms with van der Waals surface area (Å²) in [6, 6.07) is 22.7. The first kappa shape index (κ1) is 29.8. The summed E-state index contributed by atoms with van der Waals surface area (Å²) in [7, 11) is 0. The molecule has 4 rings (SSSR count). The molecule has 1 aliphatic heterocycles. The summed E-state index contributed by atoms with van der Waals surface area (Å²) in [5.74, 6) is -2.06. The molecule has 0 radical (unpaired) electrons. The summed E-state index contributed by atoms with van der Waals surface area (Å²) in [6.07, 6.45) is -0.0117. The van der Waals surface area contributed by atoms with Crippen molar-refractivity contribution in [2.24, 2.45) is 0 Å². The Morgan fingerprint density at radius 1 is 1.05 bits per heavy atom. The number of amides is 3. The highest BCUT2D eigenvalue weighted by atomic mass is 127. The second-order valence-electron chi connectivity index (χ2n) is 9.28. The molecule has 8 nitrogen and oxygen atoms in total. The number of anilines is 1. The van der Waals surface area contributed by atoms with Crippen LogP contribution in [0.25, 0.3) is 0 Å². The van der Waals surface area contributed by atoms with E-state index in [0.29, 0.717) is 18.7 Å². The predicted molar refractivity (Wildman–Crippen MR) is 162 cm³/mol. The summed E-state index contributed by atoms with van der Waals surface area (Å²) in [5.41, 5.74) is 2.48. The maximum atomic E-state index is 14.3. The highest BCUT2D eigenvalue weighted by Crippen LogP contribution is 2.47. The molecule has 2 N–H and O–H groups in total. The number of urea groups is 1. The Morgan fingerprint density at radius 3 is 2.30 bits per heavy atom. The highest BCUT2D eigenvalue weighted by molar-refractivity contribution is 14.1. The van der Waals surface area contributed by atoms with Crippen molar-refractivity contribution < 1.29 is 19.5 Å². The number of carbonyl (C=O) groups excluding carboxylic acids is 2. The van der Waals surface area contributed by atoms with Crippen LogP contribution in [0.2, 0.25) is 10.0 Å². The molecule has 2 atom stereocenters. The molecule has 1 heterocycles. The van der Waals surface area contributed by atoms with Crippen molar-refractivity contribution in [1.82, 2.24) is 10.2 Å². The van der Waals surface area contributed by atoms with Gasteiger partial charge in [0.15, 0.2) is 3.55 Å². The van der Waals surface area contributed by atoms with E-state index < -0.39 is 27.4 Å². The van der Waals surface area contributed by atoms with Gasteiger partial charge in [0.1, 0.15) is 0 Å². The quantitative estimate of drug-likeness (QED) is 0.107. The summed E-state index contributed by atoms with van der Waals surface area (Å²) in [6.45, 7) is 0.869. The predicted octanol–water partition coefficient (Wildman–Crippen LogP) is 6.20. The number of carboxylic acids is 1. The molecule has 0 saturated carbocycles. The van der Waals surface area contributed by atoms with E-state index in [1.54, 1.807) is 24.3 Å². The van der Waals surface area contributed by atoms with Gasteiger partial charge < -0.3 is 10.4 Å². The van der Waals surface area contributed by atoms with E-state index >= 15 is 0 Å². The monoisotopic (exact) mass is 690 g/mol. The van der Waals surface area contributed by atoms with Gasteiger partial charge in [-0.2, -0.15) is 5.26 Å². The number of carbonyl (C=O) groups is 3. The number of benzene rings is 3. The van der Waals surface area contributed by atoms with Gasteiger partial charge in [-0.1, -0.05) is 65.7 Å². The third-order valence-corrected chi connectivity index (χ3v) is 8.85. The van der Waals surface area contributed by atoms with Crippen LogP contribution in [-0.2, 0) is 16.1 Å². The van der Waals surface area contributed by atoms with Gasteiger partial charge in [0.05, 0.1) is 17.3 Å². The van der Waals surface area contributed by atoms with Crippen molar-refractivity contribution >= 4 is 69.4 Å². The van der Waals surface area contributed by atoms with Crippen molar-refractivity contribution in [3.63, 3.8) is 0 Å². The van der Waals surface area contributed by atoms with Gasteiger partial charge in [0.25, 0.3) is 5.91 Å². The fourth-order valence-corrected chi connectivity index (χ4v) is 6.50. The number of nitrogens with one attached hydrogen (secondary N) is 1. The Bertz CT molecular complexity index is 1430. The van der Waals surface area contributed by atoms with Crippen LogP contribution in [-0.4, -0.2) is 44.5 Å². The first-order valence-corrected chi connectivity index (χ1v) is 14.3. The van der Waals surface area contributed by atoms with Gasteiger partial charge in [-0.3, -0.25) is 14.5 Å². The lowest BCUT2D eigenvalue weighted by molar-refractivity contribution is -0.137. The van der Waals surface area contributed by atoms with Gasteiger partial charge in [0, 0.05) is 42.0 Å². The lowest BCUT2D eigenvalue weighted by Gasteiger charge is -2.37. The Balaban J connectivity index is 1.77. The van der Waals surface area contributed by atoms with Crippen molar-refractivity contribution in [1.29, 1.82) is 5.26 Å². The van der Waals surface area contributed by atoms with Crippen LogP contribution in [0.15, 0.2) is 72.8 Å².